The first kappa shape index (κ1) is 18.6. The van der Waals surface area contributed by atoms with Gasteiger partial charge in [0.25, 0.3) is 0 Å². The lowest BCUT2D eigenvalue weighted by Crippen LogP contribution is -2.43. The summed E-state index contributed by atoms with van der Waals surface area (Å²) in [5.41, 5.74) is 0.735. The van der Waals surface area contributed by atoms with Gasteiger partial charge in [-0.25, -0.2) is 18.3 Å². The van der Waals surface area contributed by atoms with Crippen molar-refractivity contribution >= 4 is 17.4 Å². The summed E-state index contributed by atoms with van der Waals surface area (Å²) in [6.45, 7) is 2.21. The van der Waals surface area contributed by atoms with Crippen LogP contribution in [-0.4, -0.2) is 53.4 Å². The van der Waals surface area contributed by atoms with Crippen molar-refractivity contribution in [2.45, 2.75) is 31.3 Å². The van der Waals surface area contributed by atoms with Gasteiger partial charge in [-0.2, -0.15) is 0 Å². The summed E-state index contributed by atoms with van der Waals surface area (Å²) in [6.07, 6.45) is 6.32. The maximum absolute atomic E-state index is 13.8. The van der Waals surface area contributed by atoms with Crippen molar-refractivity contribution < 1.29 is 18.3 Å². The van der Waals surface area contributed by atoms with Gasteiger partial charge < -0.3 is 20.3 Å². The van der Waals surface area contributed by atoms with Crippen LogP contribution in [0.15, 0.2) is 24.5 Å². The van der Waals surface area contributed by atoms with E-state index in [1.54, 1.807) is 17.1 Å². The van der Waals surface area contributed by atoms with Crippen LogP contribution in [0, 0.1) is 11.6 Å². The van der Waals surface area contributed by atoms with E-state index in [2.05, 4.69) is 20.9 Å². The van der Waals surface area contributed by atoms with Crippen LogP contribution < -0.4 is 15.5 Å². The molecule has 2 aromatic rings. The molecule has 28 heavy (non-hydrogen) atoms. The predicted molar refractivity (Wildman–Crippen MR) is 98.2 cm³/mol. The SMILES string of the molecule is O=C(Nc1cc(F)c(F)cc1N1CCCCC1)N[C@H]1COC[C@H]1n1ccnn1. The molecule has 0 unspecified atom stereocenters. The van der Waals surface area contributed by atoms with Crippen LogP contribution >= 0.6 is 0 Å². The number of aromatic nitrogens is 3. The first-order valence-corrected chi connectivity index (χ1v) is 9.37. The van der Waals surface area contributed by atoms with Crippen molar-refractivity contribution in [2.24, 2.45) is 0 Å². The summed E-state index contributed by atoms with van der Waals surface area (Å²) in [5, 5.41) is 13.2. The number of urea groups is 1. The first-order valence-electron chi connectivity index (χ1n) is 9.37. The topological polar surface area (TPSA) is 84.3 Å². The van der Waals surface area contributed by atoms with Gasteiger partial charge in [0.05, 0.1) is 42.9 Å². The maximum atomic E-state index is 13.8. The van der Waals surface area contributed by atoms with Gasteiger partial charge >= 0.3 is 6.03 Å². The number of carbonyl (C=O) groups is 1. The highest BCUT2D eigenvalue weighted by molar-refractivity contribution is 5.93. The average Bonchev–Trinajstić information content (AvgIpc) is 3.36. The minimum absolute atomic E-state index is 0.181. The highest BCUT2D eigenvalue weighted by Gasteiger charge is 2.32. The number of hydrogen-bond acceptors (Lipinski definition) is 5. The molecule has 2 fully saturated rings. The Morgan fingerprint density at radius 1 is 1.14 bits per heavy atom. The van der Waals surface area contributed by atoms with Crippen LogP contribution in [0.3, 0.4) is 0 Å². The summed E-state index contributed by atoms with van der Waals surface area (Å²) in [7, 11) is 0. The van der Waals surface area contributed by atoms with E-state index < -0.39 is 17.7 Å². The number of amides is 2. The molecule has 10 heteroatoms. The second-order valence-corrected chi connectivity index (χ2v) is 7.02. The van der Waals surface area contributed by atoms with Gasteiger partial charge in [0.2, 0.25) is 0 Å². The summed E-state index contributed by atoms with van der Waals surface area (Å²) >= 11 is 0. The van der Waals surface area contributed by atoms with Crippen molar-refractivity contribution in [3.05, 3.63) is 36.2 Å². The number of ether oxygens (including phenoxy) is 1. The molecule has 2 atom stereocenters. The average molecular weight is 392 g/mol. The van der Waals surface area contributed by atoms with E-state index in [4.69, 9.17) is 4.74 Å². The smallest absolute Gasteiger partial charge is 0.319 e. The predicted octanol–water partition coefficient (Wildman–Crippen LogP) is 2.31. The second kappa shape index (κ2) is 8.09. The van der Waals surface area contributed by atoms with Gasteiger partial charge in [-0.05, 0) is 19.3 Å². The molecule has 2 aliphatic rings. The Morgan fingerprint density at radius 3 is 2.68 bits per heavy atom. The number of anilines is 2. The van der Waals surface area contributed by atoms with Gasteiger partial charge in [-0.3, -0.25) is 0 Å². The first-order chi connectivity index (χ1) is 13.6. The minimum atomic E-state index is -0.999. The number of hydrogen-bond donors (Lipinski definition) is 2. The zero-order chi connectivity index (χ0) is 19.5. The normalized spacial score (nSPS) is 22.3. The van der Waals surface area contributed by atoms with Crippen LogP contribution in [-0.2, 0) is 4.74 Å². The fraction of sp³-hybridized carbons (Fsp3) is 0.500. The second-order valence-electron chi connectivity index (χ2n) is 7.02. The third kappa shape index (κ3) is 3.91. The van der Waals surface area contributed by atoms with E-state index in [1.165, 1.54) is 0 Å². The van der Waals surface area contributed by atoms with Crippen molar-refractivity contribution in [3.8, 4) is 0 Å². The van der Waals surface area contributed by atoms with E-state index in [9.17, 15) is 13.6 Å². The van der Waals surface area contributed by atoms with Crippen LogP contribution in [0.25, 0.3) is 0 Å². The molecular formula is C18H22F2N6O2. The number of benzene rings is 1. The van der Waals surface area contributed by atoms with Gasteiger partial charge in [0, 0.05) is 31.4 Å². The van der Waals surface area contributed by atoms with Crippen molar-refractivity contribution in [3.63, 3.8) is 0 Å². The minimum Gasteiger partial charge on any atom is -0.377 e. The standard InChI is InChI=1S/C18H22F2N6O2/c19-12-8-14(16(9-13(12)20)25-5-2-1-3-6-25)22-18(27)23-15-10-28-11-17(15)26-7-4-21-24-26/h4,7-9,15,17H,1-3,5-6,10-11H2,(H2,22,23,27)/t15-,17+/m0/s1. The zero-order valence-electron chi connectivity index (χ0n) is 15.3. The summed E-state index contributed by atoms with van der Waals surface area (Å²) in [4.78, 5) is 14.5. The van der Waals surface area contributed by atoms with Gasteiger partial charge in [-0.15, -0.1) is 5.10 Å². The van der Waals surface area contributed by atoms with Crippen LogP contribution in [0.1, 0.15) is 25.3 Å². The summed E-state index contributed by atoms with van der Waals surface area (Å²) < 4.78 is 34.7. The molecule has 2 aliphatic heterocycles. The van der Waals surface area contributed by atoms with E-state index in [0.717, 1.165) is 44.5 Å². The fourth-order valence-electron chi connectivity index (χ4n) is 3.70. The van der Waals surface area contributed by atoms with E-state index >= 15 is 0 Å². The lowest BCUT2D eigenvalue weighted by atomic mass is 10.1. The molecule has 8 nitrogen and oxygen atoms in total. The Kier molecular flexibility index (Phi) is 5.38. The van der Waals surface area contributed by atoms with E-state index in [-0.39, 0.29) is 17.8 Å². The van der Waals surface area contributed by atoms with Crippen LogP contribution in [0.5, 0.6) is 0 Å². The van der Waals surface area contributed by atoms with Crippen LogP contribution in [0.2, 0.25) is 0 Å². The molecule has 1 aromatic carbocycles. The molecule has 0 bridgehead atoms. The highest BCUT2D eigenvalue weighted by atomic mass is 19.2. The maximum Gasteiger partial charge on any atom is 0.319 e. The third-order valence-corrected chi connectivity index (χ3v) is 5.13. The highest BCUT2D eigenvalue weighted by Crippen LogP contribution is 2.31. The monoisotopic (exact) mass is 392 g/mol. The zero-order valence-corrected chi connectivity index (χ0v) is 15.3. The molecular weight excluding hydrogens is 370 g/mol. The molecule has 4 rings (SSSR count). The number of carbonyl (C=O) groups excluding carboxylic acids is 1. The lowest BCUT2D eigenvalue weighted by Gasteiger charge is -2.31. The van der Waals surface area contributed by atoms with Crippen molar-refractivity contribution in [2.75, 3.05) is 36.5 Å². The molecule has 2 amide bonds. The molecule has 1 aromatic heterocycles. The molecule has 3 heterocycles. The lowest BCUT2D eigenvalue weighted by molar-refractivity contribution is 0.181. The Bertz CT molecular complexity index is 826. The molecule has 0 radical (unpaired) electrons. The number of nitrogens with zero attached hydrogens (tertiary/aromatic N) is 4. The van der Waals surface area contributed by atoms with Gasteiger partial charge in [0.1, 0.15) is 0 Å². The van der Waals surface area contributed by atoms with Gasteiger partial charge in [0.15, 0.2) is 11.6 Å². The Morgan fingerprint density at radius 2 is 1.93 bits per heavy atom. The third-order valence-electron chi connectivity index (χ3n) is 5.13. The summed E-state index contributed by atoms with van der Waals surface area (Å²) in [6, 6.07) is 1.17. The number of nitrogens with one attached hydrogen (secondary N) is 2. The molecule has 0 saturated carbocycles. The fourth-order valence-corrected chi connectivity index (χ4v) is 3.70. The molecule has 0 spiro atoms. The Balaban J connectivity index is 1.48. The van der Waals surface area contributed by atoms with Crippen LogP contribution in [0.4, 0.5) is 25.0 Å². The Labute approximate surface area is 160 Å². The summed E-state index contributed by atoms with van der Waals surface area (Å²) in [5.74, 6) is -1.93. The quantitative estimate of drug-likeness (QED) is 0.834. The number of halogens is 2. The molecule has 2 saturated heterocycles. The largest absolute Gasteiger partial charge is 0.377 e. The number of rotatable bonds is 4. The van der Waals surface area contributed by atoms with E-state index in [1.807, 2.05) is 4.90 Å². The molecule has 0 aliphatic carbocycles. The number of piperidine rings is 1. The van der Waals surface area contributed by atoms with Gasteiger partial charge in [-0.1, -0.05) is 5.21 Å². The van der Waals surface area contributed by atoms with E-state index in [0.29, 0.717) is 18.9 Å². The van der Waals surface area contributed by atoms with Crippen molar-refractivity contribution in [1.29, 1.82) is 0 Å². The molecule has 150 valence electrons. The molecule has 2 N–H and O–H groups in total. The van der Waals surface area contributed by atoms with Crippen molar-refractivity contribution in [1.82, 2.24) is 20.3 Å². The Hall–Kier alpha value is -2.75.